The molecule has 2 heterocycles. The summed E-state index contributed by atoms with van der Waals surface area (Å²) in [5, 5.41) is 20.6. The molecule has 9 nitrogen and oxygen atoms in total. The molecule has 1 amide bonds. The molecule has 1 aromatic carbocycles. The van der Waals surface area contributed by atoms with Gasteiger partial charge in [-0.3, -0.25) is 14.5 Å². The van der Waals surface area contributed by atoms with Crippen LogP contribution in [0.2, 0.25) is 0 Å². The Morgan fingerprint density at radius 2 is 1.83 bits per heavy atom. The number of hydrogen-bond donors (Lipinski definition) is 2. The summed E-state index contributed by atoms with van der Waals surface area (Å²) in [4.78, 5) is 32.9. The molecule has 2 N–H and O–H groups in total. The minimum absolute atomic E-state index is 0.0589. The second kappa shape index (κ2) is 15.0. The normalized spacial score (nSPS) is 20.8. The number of rotatable bonds is 16. The van der Waals surface area contributed by atoms with E-state index in [0.29, 0.717) is 43.1 Å². The lowest BCUT2D eigenvalue weighted by atomic mass is 9.77. The summed E-state index contributed by atoms with van der Waals surface area (Å²) in [5.41, 5.74) is 1.13. The molecule has 0 bridgehead atoms. The zero-order valence-electron chi connectivity index (χ0n) is 25.9. The first-order chi connectivity index (χ1) is 19.5. The lowest BCUT2D eigenvalue weighted by Crippen LogP contribution is -2.46. The van der Waals surface area contributed by atoms with Gasteiger partial charge in [-0.15, -0.1) is 0 Å². The zero-order valence-corrected chi connectivity index (χ0v) is 25.9. The van der Waals surface area contributed by atoms with Crippen LogP contribution in [-0.4, -0.2) is 96.4 Å². The third-order valence-corrected chi connectivity index (χ3v) is 8.31. The highest BCUT2D eigenvalue weighted by atomic mass is 16.7. The van der Waals surface area contributed by atoms with Crippen LogP contribution < -0.4 is 9.47 Å². The predicted octanol–water partition coefficient (Wildman–Crippen LogP) is 4.34. The van der Waals surface area contributed by atoms with Crippen LogP contribution in [0.15, 0.2) is 24.3 Å². The molecule has 3 rings (SSSR count). The molecule has 2 aliphatic heterocycles. The molecule has 3 atom stereocenters. The van der Waals surface area contributed by atoms with Gasteiger partial charge in [-0.25, -0.2) is 0 Å². The van der Waals surface area contributed by atoms with Crippen LogP contribution in [0.4, 0.5) is 0 Å². The molecule has 0 aliphatic carbocycles. The van der Waals surface area contributed by atoms with Crippen molar-refractivity contribution in [3.05, 3.63) is 35.4 Å². The van der Waals surface area contributed by atoms with Gasteiger partial charge in [-0.2, -0.15) is 0 Å². The number of benzene rings is 1. The molecule has 0 radical (unpaired) electrons. The first kappa shape index (κ1) is 32.9. The smallest absolute Gasteiger partial charge is 0.308 e. The number of aliphatic carboxylic acids is 1. The van der Waals surface area contributed by atoms with Crippen molar-refractivity contribution in [3.8, 4) is 11.5 Å². The number of ether oxygens (including phenoxy) is 2. The Balaban J connectivity index is 1.92. The number of hydrogen-bond acceptors (Lipinski definition) is 7. The number of allylic oxidation sites excluding steroid dienone is 2. The van der Waals surface area contributed by atoms with Gasteiger partial charge in [0.1, 0.15) is 0 Å². The van der Waals surface area contributed by atoms with E-state index in [4.69, 9.17) is 9.47 Å². The van der Waals surface area contributed by atoms with Gasteiger partial charge in [0.05, 0.1) is 19.1 Å². The number of unbranched alkanes of at least 4 members (excludes halogenated alkanes) is 2. The quantitative estimate of drug-likeness (QED) is 0.223. The number of carbonyl (C=O) groups is 2. The Bertz CT molecular complexity index is 1060. The number of likely N-dealkylation sites (tertiary alicyclic amines) is 1. The van der Waals surface area contributed by atoms with Crippen LogP contribution in [0, 0.1) is 11.3 Å². The average molecular weight is 574 g/mol. The van der Waals surface area contributed by atoms with Gasteiger partial charge in [0.15, 0.2) is 11.5 Å². The van der Waals surface area contributed by atoms with Gasteiger partial charge < -0.3 is 29.5 Å². The first-order valence-corrected chi connectivity index (χ1v) is 15.1. The molecule has 0 saturated carbocycles. The maximum absolute atomic E-state index is 13.8. The summed E-state index contributed by atoms with van der Waals surface area (Å²) in [6.07, 6.45) is 8.63. The average Bonchev–Trinajstić information content (AvgIpc) is 3.52. The Kier molecular flexibility index (Phi) is 12.1. The van der Waals surface area contributed by atoms with Crippen molar-refractivity contribution in [1.82, 2.24) is 14.7 Å². The molecule has 9 heteroatoms. The van der Waals surface area contributed by atoms with Gasteiger partial charge in [0.2, 0.25) is 12.7 Å². The van der Waals surface area contributed by atoms with Crippen molar-refractivity contribution in [1.29, 1.82) is 0 Å². The van der Waals surface area contributed by atoms with Crippen molar-refractivity contribution < 1.29 is 29.3 Å². The highest BCUT2D eigenvalue weighted by Gasteiger charge is 2.49. The van der Waals surface area contributed by atoms with E-state index >= 15 is 0 Å². The zero-order chi connectivity index (χ0) is 30.2. The maximum Gasteiger partial charge on any atom is 0.308 e. The highest BCUT2D eigenvalue weighted by molar-refractivity contribution is 5.79. The maximum atomic E-state index is 13.8. The summed E-state index contributed by atoms with van der Waals surface area (Å²) in [6.45, 7) is 11.2. The Morgan fingerprint density at radius 1 is 1.12 bits per heavy atom. The number of aliphatic hydroxyl groups excluding tert-OH is 1. The van der Waals surface area contributed by atoms with Gasteiger partial charge in [0, 0.05) is 37.2 Å². The second-order valence-corrected chi connectivity index (χ2v) is 12.5. The Labute approximate surface area is 246 Å². The molecular formula is C32H51N3O6. The van der Waals surface area contributed by atoms with E-state index in [0.717, 1.165) is 37.8 Å². The monoisotopic (exact) mass is 573 g/mol. The molecular weight excluding hydrogens is 522 g/mol. The minimum Gasteiger partial charge on any atom is -0.481 e. The molecule has 1 fully saturated rings. The number of fused-ring (bicyclic) bond motifs is 1. The fourth-order valence-corrected chi connectivity index (χ4v) is 6.30. The summed E-state index contributed by atoms with van der Waals surface area (Å²) in [7, 11) is 4.11. The van der Waals surface area contributed by atoms with Crippen molar-refractivity contribution in [3.63, 3.8) is 0 Å². The van der Waals surface area contributed by atoms with E-state index in [2.05, 4.69) is 50.7 Å². The third kappa shape index (κ3) is 8.69. The van der Waals surface area contributed by atoms with Gasteiger partial charge in [-0.1, -0.05) is 39.3 Å². The topological polar surface area (TPSA) is 103 Å². The number of carbonyl (C=O) groups excluding carboxylic acids is 1. The molecule has 41 heavy (non-hydrogen) atoms. The van der Waals surface area contributed by atoms with Crippen LogP contribution in [0.5, 0.6) is 11.5 Å². The van der Waals surface area contributed by atoms with Crippen molar-refractivity contribution in [2.75, 3.05) is 53.6 Å². The third-order valence-electron chi connectivity index (χ3n) is 8.31. The van der Waals surface area contributed by atoms with Crippen LogP contribution in [-0.2, 0) is 16.2 Å². The molecule has 230 valence electrons. The number of carboxylic acid groups (broad SMARTS) is 1. The molecule has 1 saturated heterocycles. The van der Waals surface area contributed by atoms with Gasteiger partial charge in [-0.05, 0) is 76.4 Å². The lowest BCUT2D eigenvalue weighted by molar-refractivity contribution is -0.144. The summed E-state index contributed by atoms with van der Waals surface area (Å²) in [6, 6.07) is 3.35. The second-order valence-electron chi connectivity index (χ2n) is 12.5. The fraction of sp³-hybridized carbons (Fsp3) is 0.688. The molecule has 0 unspecified atom stereocenters. The number of carboxylic acids is 1. The Morgan fingerprint density at radius 3 is 2.46 bits per heavy atom. The van der Waals surface area contributed by atoms with E-state index in [1.807, 2.05) is 30.0 Å². The highest BCUT2D eigenvalue weighted by Crippen LogP contribution is 2.46. The van der Waals surface area contributed by atoms with E-state index in [-0.39, 0.29) is 43.2 Å². The van der Waals surface area contributed by atoms with E-state index in [9.17, 15) is 19.8 Å². The standard InChI is InChI=1S/C32H51N3O6/c1-7-9-14-34(15-11-10-13-33(5)6)28(37)20-35-19-25(23-16-24(21-36)30-27(17-23)40-22-41-30)29(31(38)39)26(35)18-32(3,4)12-8-2/h8,12,16-17,25-26,29,36H,7,9-11,13-15,18-22H2,1-6H3,(H,38,39)/b12-8+/t25-,26+,29-/m1/s1. The lowest BCUT2D eigenvalue weighted by Gasteiger charge is -2.34. The number of amides is 1. The van der Waals surface area contributed by atoms with Crippen molar-refractivity contribution >= 4 is 11.9 Å². The minimum atomic E-state index is -0.874. The molecule has 0 spiro atoms. The summed E-state index contributed by atoms with van der Waals surface area (Å²) < 4.78 is 11.2. The van der Waals surface area contributed by atoms with Crippen LogP contribution in [0.1, 0.15) is 76.8 Å². The molecule has 2 aliphatic rings. The number of nitrogens with zero attached hydrogens (tertiary/aromatic N) is 3. The molecule has 0 aromatic heterocycles. The van der Waals surface area contributed by atoms with Crippen molar-refractivity contribution in [2.45, 2.75) is 78.4 Å². The van der Waals surface area contributed by atoms with Crippen LogP contribution >= 0.6 is 0 Å². The summed E-state index contributed by atoms with van der Waals surface area (Å²) >= 11 is 0. The van der Waals surface area contributed by atoms with Crippen LogP contribution in [0.25, 0.3) is 0 Å². The van der Waals surface area contributed by atoms with Crippen molar-refractivity contribution in [2.24, 2.45) is 11.3 Å². The predicted molar refractivity (Wildman–Crippen MR) is 160 cm³/mol. The number of aliphatic hydroxyl groups is 1. The fourth-order valence-electron chi connectivity index (χ4n) is 6.30. The summed E-state index contributed by atoms with van der Waals surface area (Å²) in [5.74, 6) is -0.858. The largest absolute Gasteiger partial charge is 0.481 e. The van der Waals surface area contributed by atoms with E-state index in [1.165, 1.54) is 0 Å². The van der Waals surface area contributed by atoms with E-state index < -0.39 is 11.9 Å². The SMILES string of the molecule is C/C=C/C(C)(C)C[C@H]1[C@H](C(=O)O)[C@@H](c2cc(CO)c3c(c2)OCO3)CN1CC(=O)N(CCCC)CCCCN(C)C. The van der Waals surface area contributed by atoms with Gasteiger partial charge >= 0.3 is 5.97 Å². The van der Waals surface area contributed by atoms with E-state index in [1.54, 1.807) is 0 Å². The first-order valence-electron chi connectivity index (χ1n) is 15.1. The molecule has 1 aromatic rings. The van der Waals surface area contributed by atoms with Crippen LogP contribution in [0.3, 0.4) is 0 Å². The van der Waals surface area contributed by atoms with Gasteiger partial charge in [0.25, 0.3) is 0 Å². The Hall–Kier alpha value is -2.62.